The molecule has 2 nitrogen and oxygen atoms in total. The highest BCUT2D eigenvalue weighted by Crippen LogP contribution is 2.30. The molecule has 0 radical (unpaired) electrons. The van der Waals surface area contributed by atoms with Crippen molar-refractivity contribution in [2.75, 3.05) is 25.6 Å². The van der Waals surface area contributed by atoms with Crippen LogP contribution in [0, 0.1) is 0 Å². The Morgan fingerprint density at radius 3 is 2.50 bits per heavy atom. The van der Waals surface area contributed by atoms with E-state index in [2.05, 4.69) is 25.1 Å². The first-order valence-corrected chi connectivity index (χ1v) is 6.88. The fraction of sp³-hybridized carbons (Fsp3) is 1.00. The Hall–Kier alpha value is 0.270. The quantitative estimate of drug-likeness (QED) is 0.761. The zero-order chi connectivity index (χ0) is 10.6. The second kappa shape index (κ2) is 5.38. The molecule has 1 aliphatic carbocycles. The maximum absolute atomic E-state index is 10.2. The van der Waals surface area contributed by atoms with Crippen LogP contribution in [0.3, 0.4) is 0 Å². The Balaban J connectivity index is 2.34. The molecule has 1 unspecified atom stereocenters. The van der Waals surface area contributed by atoms with Gasteiger partial charge in [0.2, 0.25) is 0 Å². The van der Waals surface area contributed by atoms with Crippen LogP contribution < -0.4 is 0 Å². The van der Waals surface area contributed by atoms with E-state index < -0.39 is 0 Å². The molecule has 0 aromatic carbocycles. The molecular formula is C11H23NOS. The molecule has 1 rings (SSSR count). The number of hydrogen-bond acceptors (Lipinski definition) is 3. The van der Waals surface area contributed by atoms with Gasteiger partial charge in [0.1, 0.15) is 0 Å². The fourth-order valence-corrected chi connectivity index (χ4v) is 2.92. The third kappa shape index (κ3) is 3.44. The summed E-state index contributed by atoms with van der Waals surface area (Å²) in [5, 5.41) is 10.2. The van der Waals surface area contributed by atoms with Crippen molar-refractivity contribution in [2.45, 2.75) is 44.2 Å². The Morgan fingerprint density at radius 2 is 2.00 bits per heavy atom. The van der Waals surface area contributed by atoms with Gasteiger partial charge in [-0.05, 0) is 33.1 Å². The molecule has 0 amide bonds. The van der Waals surface area contributed by atoms with Gasteiger partial charge in [0, 0.05) is 18.3 Å². The highest BCUT2D eigenvalue weighted by molar-refractivity contribution is 7.98. The number of rotatable bonds is 5. The molecule has 1 N–H and O–H groups in total. The van der Waals surface area contributed by atoms with Crippen molar-refractivity contribution in [3.63, 3.8) is 0 Å². The van der Waals surface area contributed by atoms with Crippen LogP contribution in [-0.2, 0) is 0 Å². The van der Waals surface area contributed by atoms with E-state index in [4.69, 9.17) is 0 Å². The summed E-state index contributed by atoms with van der Waals surface area (Å²) in [7, 11) is 2.12. The van der Waals surface area contributed by atoms with Gasteiger partial charge in [0.05, 0.1) is 5.60 Å². The molecule has 0 aliphatic heterocycles. The van der Waals surface area contributed by atoms with Crippen molar-refractivity contribution >= 4 is 11.8 Å². The predicted octanol–water partition coefficient (Wildman–Crippen LogP) is 1.97. The van der Waals surface area contributed by atoms with Crippen molar-refractivity contribution in [3.8, 4) is 0 Å². The summed E-state index contributed by atoms with van der Waals surface area (Å²) in [5.74, 6) is 1.15. The summed E-state index contributed by atoms with van der Waals surface area (Å²) >= 11 is 1.87. The highest BCUT2D eigenvalue weighted by Gasteiger charge is 2.32. The van der Waals surface area contributed by atoms with Gasteiger partial charge in [-0.3, -0.25) is 0 Å². The van der Waals surface area contributed by atoms with E-state index in [1.165, 1.54) is 12.8 Å². The van der Waals surface area contributed by atoms with E-state index in [0.717, 1.165) is 25.1 Å². The molecule has 1 fully saturated rings. The van der Waals surface area contributed by atoms with Crippen molar-refractivity contribution < 1.29 is 5.11 Å². The number of hydrogen-bond donors (Lipinski definition) is 1. The number of aliphatic hydroxyl groups is 1. The molecule has 0 bridgehead atoms. The SMILES string of the molecule is CSCC(C)N(C)CC1(O)CCCC1. The molecule has 0 heterocycles. The average Bonchev–Trinajstić information content (AvgIpc) is 2.52. The smallest absolute Gasteiger partial charge is 0.0774 e. The first kappa shape index (κ1) is 12.3. The molecule has 14 heavy (non-hydrogen) atoms. The van der Waals surface area contributed by atoms with Gasteiger partial charge < -0.3 is 10.0 Å². The third-order valence-electron chi connectivity index (χ3n) is 3.24. The van der Waals surface area contributed by atoms with E-state index in [1.807, 2.05) is 11.8 Å². The Bertz CT molecular complexity index is 169. The van der Waals surface area contributed by atoms with Gasteiger partial charge in [0.15, 0.2) is 0 Å². The highest BCUT2D eigenvalue weighted by atomic mass is 32.2. The van der Waals surface area contributed by atoms with Crippen LogP contribution in [0.25, 0.3) is 0 Å². The molecular weight excluding hydrogens is 194 g/mol. The molecule has 0 spiro atoms. The van der Waals surface area contributed by atoms with Crippen LogP contribution in [0.5, 0.6) is 0 Å². The lowest BCUT2D eigenvalue weighted by Gasteiger charge is -2.32. The largest absolute Gasteiger partial charge is 0.389 e. The summed E-state index contributed by atoms with van der Waals surface area (Å²) < 4.78 is 0. The lowest BCUT2D eigenvalue weighted by Crippen LogP contribution is -2.43. The third-order valence-corrected chi connectivity index (χ3v) is 4.05. The predicted molar refractivity (Wildman–Crippen MR) is 63.9 cm³/mol. The first-order valence-electron chi connectivity index (χ1n) is 5.49. The minimum absolute atomic E-state index is 0.387. The lowest BCUT2D eigenvalue weighted by molar-refractivity contribution is 0.00952. The van der Waals surface area contributed by atoms with Crippen LogP contribution in [0.15, 0.2) is 0 Å². The summed E-state index contributed by atoms with van der Waals surface area (Å²) in [6, 6.07) is 0.564. The zero-order valence-corrected chi connectivity index (χ0v) is 10.4. The Morgan fingerprint density at radius 1 is 1.43 bits per heavy atom. The molecule has 1 aliphatic rings. The van der Waals surface area contributed by atoms with Crippen molar-refractivity contribution in [1.29, 1.82) is 0 Å². The van der Waals surface area contributed by atoms with E-state index in [1.54, 1.807) is 0 Å². The molecule has 0 aromatic rings. The van der Waals surface area contributed by atoms with Crippen LogP contribution in [-0.4, -0.2) is 47.3 Å². The van der Waals surface area contributed by atoms with E-state index in [0.29, 0.717) is 6.04 Å². The first-order chi connectivity index (χ1) is 6.57. The normalized spacial score (nSPS) is 22.9. The minimum Gasteiger partial charge on any atom is -0.389 e. The van der Waals surface area contributed by atoms with Gasteiger partial charge >= 0.3 is 0 Å². The van der Waals surface area contributed by atoms with Gasteiger partial charge in [-0.1, -0.05) is 12.8 Å². The molecule has 84 valence electrons. The van der Waals surface area contributed by atoms with E-state index >= 15 is 0 Å². The maximum Gasteiger partial charge on any atom is 0.0774 e. The van der Waals surface area contributed by atoms with Gasteiger partial charge in [0.25, 0.3) is 0 Å². The molecule has 1 atom stereocenters. The number of likely N-dealkylation sites (N-methyl/N-ethyl adjacent to an activating group) is 1. The van der Waals surface area contributed by atoms with Gasteiger partial charge in [-0.15, -0.1) is 0 Å². The maximum atomic E-state index is 10.2. The van der Waals surface area contributed by atoms with Crippen molar-refractivity contribution in [2.24, 2.45) is 0 Å². The minimum atomic E-state index is -0.387. The monoisotopic (exact) mass is 217 g/mol. The standard InChI is InChI=1S/C11H23NOS/c1-10(8-14-3)12(2)9-11(13)6-4-5-7-11/h10,13H,4-9H2,1-3H3. The second-order valence-corrected chi connectivity index (χ2v) is 5.56. The van der Waals surface area contributed by atoms with Crippen LogP contribution in [0.1, 0.15) is 32.6 Å². The topological polar surface area (TPSA) is 23.5 Å². The summed E-state index contributed by atoms with van der Waals surface area (Å²) in [6.45, 7) is 3.07. The van der Waals surface area contributed by atoms with Crippen LogP contribution in [0.4, 0.5) is 0 Å². The number of nitrogens with zero attached hydrogens (tertiary/aromatic N) is 1. The lowest BCUT2D eigenvalue weighted by atomic mass is 10.0. The van der Waals surface area contributed by atoms with Crippen molar-refractivity contribution in [3.05, 3.63) is 0 Å². The second-order valence-electron chi connectivity index (χ2n) is 4.65. The molecule has 3 heteroatoms. The van der Waals surface area contributed by atoms with Gasteiger partial charge in [-0.25, -0.2) is 0 Å². The van der Waals surface area contributed by atoms with Crippen molar-refractivity contribution in [1.82, 2.24) is 4.90 Å². The zero-order valence-electron chi connectivity index (χ0n) is 9.62. The van der Waals surface area contributed by atoms with Crippen LogP contribution >= 0.6 is 11.8 Å². The Kier molecular flexibility index (Phi) is 4.74. The molecule has 0 aromatic heterocycles. The molecule has 0 saturated heterocycles. The summed E-state index contributed by atoms with van der Waals surface area (Å²) in [6.07, 6.45) is 6.50. The number of thioether (sulfide) groups is 1. The summed E-state index contributed by atoms with van der Waals surface area (Å²) in [4.78, 5) is 2.29. The van der Waals surface area contributed by atoms with Gasteiger partial charge in [-0.2, -0.15) is 11.8 Å². The Labute approximate surface area is 92.1 Å². The fourth-order valence-electron chi connectivity index (χ4n) is 2.18. The average molecular weight is 217 g/mol. The van der Waals surface area contributed by atoms with Crippen LogP contribution in [0.2, 0.25) is 0 Å². The molecule has 1 saturated carbocycles. The van der Waals surface area contributed by atoms with E-state index in [9.17, 15) is 5.11 Å². The summed E-state index contributed by atoms with van der Waals surface area (Å²) in [5.41, 5.74) is -0.387. The van der Waals surface area contributed by atoms with E-state index in [-0.39, 0.29) is 5.60 Å².